The minimum Gasteiger partial charge on any atom is -0.211 e. The summed E-state index contributed by atoms with van der Waals surface area (Å²) in [7, 11) is 0. The molecule has 1 aliphatic rings. The first kappa shape index (κ1) is 10.6. The number of hydrogen-bond donors (Lipinski definition) is 0. The van der Waals surface area contributed by atoms with Crippen LogP contribution in [0.3, 0.4) is 0 Å². The fraction of sp³-hybridized carbons (Fsp3) is 0.600. The van der Waals surface area contributed by atoms with E-state index in [1.165, 1.54) is 11.7 Å². The molecule has 0 saturated heterocycles. The molecule has 0 heterocycles. The van der Waals surface area contributed by atoms with Gasteiger partial charge >= 0.3 is 0 Å². The molecule has 4 heteroatoms. The highest BCUT2D eigenvalue weighted by Gasteiger charge is 2.13. The Morgan fingerprint density at radius 2 is 2.14 bits per heavy atom. The molecule has 1 aliphatic carbocycles. The van der Waals surface area contributed by atoms with Gasteiger partial charge in [-0.3, -0.25) is 0 Å². The van der Waals surface area contributed by atoms with Crippen LogP contribution in [0.15, 0.2) is 21.6 Å². The summed E-state index contributed by atoms with van der Waals surface area (Å²) in [6, 6.07) is 0. The van der Waals surface area contributed by atoms with Crippen molar-refractivity contribution in [2.45, 2.75) is 19.3 Å². The number of isocyanates is 2. The van der Waals surface area contributed by atoms with Crippen molar-refractivity contribution in [1.29, 1.82) is 0 Å². The minimum atomic E-state index is 0.445. The van der Waals surface area contributed by atoms with E-state index in [4.69, 9.17) is 0 Å². The highest BCUT2D eigenvalue weighted by atomic mass is 16.1. The Kier molecular flexibility index (Phi) is 4.56. The third kappa shape index (κ3) is 3.48. The molecule has 0 aromatic rings. The molecule has 0 bridgehead atoms. The van der Waals surface area contributed by atoms with Gasteiger partial charge in [0.05, 0.1) is 13.1 Å². The van der Waals surface area contributed by atoms with Gasteiger partial charge in [-0.25, -0.2) is 19.6 Å². The summed E-state index contributed by atoms with van der Waals surface area (Å²) in [5, 5.41) is 0. The van der Waals surface area contributed by atoms with Gasteiger partial charge in [0.2, 0.25) is 12.2 Å². The van der Waals surface area contributed by atoms with E-state index in [0.717, 1.165) is 19.3 Å². The molecule has 1 rings (SSSR count). The van der Waals surface area contributed by atoms with E-state index >= 15 is 0 Å². The Bertz CT molecular complexity index is 310. The Labute approximate surface area is 82.4 Å². The second-order valence-electron chi connectivity index (χ2n) is 3.34. The Morgan fingerprint density at radius 3 is 2.71 bits per heavy atom. The largest absolute Gasteiger partial charge is 0.235 e. The van der Waals surface area contributed by atoms with Crippen molar-refractivity contribution in [3.63, 3.8) is 0 Å². The zero-order valence-electron chi connectivity index (χ0n) is 7.90. The molecule has 74 valence electrons. The lowest BCUT2D eigenvalue weighted by Crippen LogP contribution is -2.10. The van der Waals surface area contributed by atoms with Gasteiger partial charge in [-0.15, -0.1) is 0 Å². The molecule has 1 unspecified atom stereocenters. The van der Waals surface area contributed by atoms with Crippen LogP contribution in [0, 0.1) is 5.92 Å². The van der Waals surface area contributed by atoms with Gasteiger partial charge < -0.3 is 0 Å². The molecule has 0 aliphatic heterocycles. The molecule has 0 spiro atoms. The third-order valence-corrected chi connectivity index (χ3v) is 2.37. The summed E-state index contributed by atoms with van der Waals surface area (Å²) in [6.45, 7) is 1.03. The van der Waals surface area contributed by atoms with Gasteiger partial charge in [0.1, 0.15) is 0 Å². The van der Waals surface area contributed by atoms with Crippen molar-refractivity contribution >= 4 is 12.2 Å². The van der Waals surface area contributed by atoms with Gasteiger partial charge in [0.15, 0.2) is 0 Å². The summed E-state index contributed by atoms with van der Waals surface area (Å²) < 4.78 is 0. The number of nitrogens with zero attached hydrogens (tertiary/aromatic N) is 2. The van der Waals surface area contributed by atoms with Gasteiger partial charge in [-0.2, -0.15) is 0 Å². The van der Waals surface area contributed by atoms with Crippen molar-refractivity contribution in [3.8, 4) is 0 Å². The SMILES string of the molecule is O=C=NCC1=CCC(CN=C=O)CC1. The van der Waals surface area contributed by atoms with Crippen molar-refractivity contribution in [2.24, 2.45) is 15.9 Å². The second kappa shape index (κ2) is 6.03. The first-order valence-corrected chi connectivity index (χ1v) is 4.62. The van der Waals surface area contributed by atoms with Crippen LogP contribution in [-0.2, 0) is 9.59 Å². The topological polar surface area (TPSA) is 58.9 Å². The lowest BCUT2D eigenvalue weighted by Gasteiger charge is -2.18. The fourth-order valence-electron chi connectivity index (χ4n) is 1.55. The highest BCUT2D eigenvalue weighted by molar-refractivity contribution is 5.34. The van der Waals surface area contributed by atoms with Crippen LogP contribution < -0.4 is 0 Å². The number of rotatable bonds is 4. The van der Waals surface area contributed by atoms with Crippen LogP contribution in [0.25, 0.3) is 0 Å². The van der Waals surface area contributed by atoms with Gasteiger partial charge in [0.25, 0.3) is 0 Å². The molecule has 1 atom stereocenters. The molecule has 0 N–H and O–H groups in total. The fourth-order valence-corrected chi connectivity index (χ4v) is 1.55. The summed E-state index contributed by atoms with van der Waals surface area (Å²) in [5.41, 5.74) is 1.18. The van der Waals surface area contributed by atoms with Gasteiger partial charge in [-0.1, -0.05) is 11.6 Å². The van der Waals surface area contributed by atoms with Gasteiger partial charge in [0, 0.05) is 0 Å². The van der Waals surface area contributed by atoms with E-state index in [2.05, 4.69) is 16.1 Å². The van der Waals surface area contributed by atoms with Crippen molar-refractivity contribution in [3.05, 3.63) is 11.6 Å². The molecule has 4 nitrogen and oxygen atoms in total. The van der Waals surface area contributed by atoms with Crippen LogP contribution in [0.1, 0.15) is 19.3 Å². The van der Waals surface area contributed by atoms with Crippen LogP contribution >= 0.6 is 0 Å². The van der Waals surface area contributed by atoms with Crippen LogP contribution in [0.5, 0.6) is 0 Å². The van der Waals surface area contributed by atoms with Crippen molar-refractivity contribution in [2.75, 3.05) is 13.1 Å². The zero-order chi connectivity index (χ0) is 10.2. The molecule has 0 amide bonds. The quantitative estimate of drug-likeness (QED) is 0.384. The summed E-state index contributed by atoms with van der Waals surface area (Å²) in [5.74, 6) is 0.445. The Hall–Kier alpha value is -1.50. The molecular weight excluding hydrogens is 180 g/mol. The van der Waals surface area contributed by atoms with Gasteiger partial charge in [-0.05, 0) is 25.2 Å². The number of allylic oxidation sites excluding steroid dienone is 1. The predicted molar refractivity (Wildman–Crippen MR) is 51.4 cm³/mol. The average molecular weight is 192 g/mol. The maximum Gasteiger partial charge on any atom is 0.235 e. The van der Waals surface area contributed by atoms with Crippen molar-refractivity contribution in [1.82, 2.24) is 0 Å². The van der Waals surface area contributed by atoms with Crippen LogP contribution in [0.2, 0.25) is 0 Å². The second-order valence-corrected chi connectivity index (χ2v) is 3.34. The smallest absolute Gasteiger partial charge is 0.211 e. The maximum absolute atomic E-state index is 9.89. The van der Waals surface area contributed by atoms with Crippen LogP contribution in [0.4, 0.5) is 0 Å². The molecule has 0 aromatic carbocycles. The highest BCUT2D eigenvalue weighted by Crippen LogP contribution is 2.23. The number of aliphatic imine (C=N–C) groups is 2. The average Bonchev–Trinajstić information content (AvgIpc) is 2.25. The first-order valence-electron chi connectivity index (χ1n) is 4.62. The Balaban J connectivity index is 2.38. The number of hydrogen-bond acceptors (Lipinski definition) is 4. The first-order chi connectivity index (χ1) is 6.86. The maximum atomic E-state index is 9.89. The summed E-state index contributed by atoms with van der Waals surface area (Å²) in [6.07, 6.45) is 8.00. The van der Waals surface area contributed by atoms with Crippen molar-refractivity contribution < 1.29 is 9.59 Å². The monoisotopic (exact) mass is 192 g/mol. The molecule has 0 fully saturated rings. The lowest BCUT2D eigenvalue weighted by atomic mass is 9.90. The minimum absolute atomic E-state index is 0.445. The molecule has 0 saturated carbocycles. The molecule has 14 heavy (non-hydrogen) atoms. The standard InChI is InChI=1S/C10H12N2O2/c13-7-11-5-9-1-2-10(4-3-9)6-12-8-14/h1,10H,2-6H2. The number of carbonyl (C=O) groups excluding carboxylic acids is 2. The van der Waals surface area contributed by atoms with E-state index < -0.39 is 0 Å². The van der Waals surface area contributed by atoms with E-state index in [1.807, 2.05) is 0 Å². The van der Waals surface area contributed by atoms with E-state index in [9.17, 15) is 9.59 Å². The normalized spacial score (nSPS) is 20.3. The van der Waals surface area contributed by atoms with E-state index in [1.54, 1.807) is 6.08 Å². The summed E-state index contributed by atoms with van der Waals surface area (Å²) in [4.78, 5) is 26.8. The zero-order valence-corrected chi connectivity index (χ0v) is 7.90. The molecule has 0 radical (unpaired) electrons. The molecular formula is C10H12N2O2. The van der Waals surface area contributed by atoms with Crippen LogP contribution in [-0.4, -0.2) is 25.2 Å². The predicted octanol–water partition coefficient (Wildman–Crippen LogP) is 1.38. The lowest BCUT2D eigenvalue weighted by molar-refractivity contribution is 0.475. The van der Waals surface area contributed by atoms with E-state index in [-0.39, 0.29) is 0 Å². The Morgan fingerprint density at radius 1 is 1.36 bits per heavy atom. The third-order valence-electron chi connectivity index (χ3n) is 2.37. The van der Waals surface area contributed by atoms with E-state index in [0.29, 0.717) is 19.0 Å². The molecule has 0 aromatic heterocycles. The summed E-state index contributed by atoms with van der Waals surface area (Å²) >= 11 is 0.